The number of hydrogen-bond acceptors (Lipinski definition) is 5. The second-order valence-electron chi connectivity index (χ2n) is 7.70. The second kappa shape index (κ2) is 9.26. The summed E-state index contributed by atoms with van der Waals surface area (Å²) >= 11 is 0. The summed E-state index contributed by atoms with van der Waals surface area (Å²) < 4.78 is 58.5. The van der Waals surface area contributed by atoms with Gasteiger partial charge in [-0.3, -0.25) is 4.98 Å². The number of carbonyl (C=O) groups is 2. The van der Waals surface area contributed by atoms with Crippen LogP contribution < -0.4 is 5.32 Å². The van der Waals surface area contributed by atoms with Crippen LogP contribution in [0, 0.1) is 5.82 Å². The lowest BCUT2D eigenvalue weighted by Crippen LogP contribution is -2.45. The molecule has 0 spiro atoms. The molecule has 2 atom stereocenters. The van der Waals surface area contributed by atoms with Gasteiger partial charge in [0.2, 0.25) is 0 Å². The molecule has 3 amide bonds. The van der Waals surface area contributed by atoms with Gasteiger partial charge in [0, 0.05) is 30.9 Å². The van der Waals surface area contributed by atoms with E-state index in [1.807, 2.05) is 24.3 Å². The summed E-state index contributed by atoms with van der Waals surface area (Å²) in [4.78, 5) is 30.2. The molecule has 3 aromatic rings. The van der Waals surface area contributed by atoms with E-state index in [-0.39, 0.29) is 18.5 Å². The number of nitrogens with one attached hydrogen (secondary N) is 1. The Morgan fingerprint density at radius 2 is 1.94 bits per heavy atom. The zero-order chi connectivity index (χ0) is 24.5. The van der Waals surface area contributed by atoms with Crippen molar-refractivity contribution in [3.63, 3.8) is 0 Å². The number of carbonyl (C=O) groups excluding carboxylic acids is 2. The Morgan fingerprint density at radius 3 is 2.68 bits per heavy atom. The van der Waals surface area contributed by atoms with Crippen molar-refractivity contribution in [3.05, 3.63) is 77.4 Å². The average molecular weight is 477 g/mol. The lowest BCUT2D eigenvalue weighted by atomic mass is 9.97. The molecular weight excluding hydrogens is 458 g/mol. The number of benzene rings is 2. The fourth-order valence-corrected chi connectivity index (χ4v) is 3.97. The number of ether oxygens (including phenoxy) is 1. The number of cyclic esters (lactones) is 1. The molecule has 1 aliphatic rings. The van der Waals surface area contributed by atoms with Crippen molar-refractivity contribution in [1.82, 2.24) is 15.2 Å². The fraction of sp³-hybridized carbons (Fsp3) is 0.261. The lowest BCUT2D eigenvalue weighted by molar-refractivity contribution is -0.137. The summed E-state index contributed by atoms with van der Waals surface area (Å²) in [5, 5.41) is 13.7. The number of aliphatic hydroxyl groups excluding tert-OH is 1. The minimum absolute atomic E-state index is 0.00562. The van der Waals surface area contributed by atoms with Crippen LogP contribution in [-0.4, -0.2) is 39.8 Å². The zero-order valence-corrected chi connectivity index (χ0v) is 17.6. The first-order chi connectivity index (χ1) is 16.2. The highest BCUT2D eigenvalue weighted by Gasteiger charge is 2.46. The molecule has 0 bridgehead atoms. The second-order valence-corrected chi connectivity index (χ2v) is 7.70. The highest BCUT2D eigenvalue weighted by molar-refractivity contribution is 5.93. The maximum absolute atomic E-state index is 13.9. The first-order valence-corrected chi connectivity index (χ1v) is 10.3. The van der Waals surface area contributed by atoms with Crippen LogP contribution in [0.3, 0.4) is 0 Å². The van der Waals surface area contributed by atoms with Crippen molar-refractivity contribution in [2.75, 3.05) is 6.61 Å². The standard InChI is InChI=1S/C23H19F4N3O4/c24-17-8-14(7-16(9-17)23(25,26)27)20-19(5-6-31)30(22(33)34-20)21(32)29-12-15-11-28-10-13-3-1-2-4-18(13)15/h1-4,7-11,19-20,31H,5-6,12H2,(H,29,32). The first-order valence-electron chi connectivity index (χ1n) is 10.3. The maximum atomic E-state index is 13.9. The number of halogens is 4. The summed E-state index contributed by atoms with van der Waals surface area (Å²) in [6.45, 7) is -0.484. The highest BCUT2D eigenvalue weighted by atomic mass is 19.4. The summed E-state index contributed by atoms with van der Waals surface area (Å²) in [5.74, 6) is -1.17. The summed E-state index contributed by atoms with van der Waals surface area (Å²) in [6, 6.07) is 7.12. The molecule has 1 saturated heterocycles. The Labute approximate surface area is 191 Å². The summed E-state index contributed by atoms with van der Waals surface area (Å²) in [5.41, 5.74) is -0.852. The van der Waals surface area contributed by atoms with E-state index < -0.39 is 48.4 Å². The smallest absolute Gasteiger partial charge is 0.419 e. The highest BCUT2D eigenvalue weighted by Crippen LogP contribution is 2.38. The molecule has 178 valence electrons. The number of fused-ring (bicyclic) bond motifs is 1. The average Bonchev–Trinajstić information content (AvgIpc) is 3.12. The summed E-state index contributed by atoms with van der Waals surface area (Å²) in [7, 11) is 0. The van der Waals surface area contributed by atoms with Gasteiger partial charge in [-0.2, -0.15) is 13.2 Å². The molecule has 7 nitrogen and oxygen atoms in total. The van der Waals surface area contributed by atoms with Gasteiger partial charge in [0.1, 0.15) is 11.9 Å². The molecular formula is C23H19F4N3O4. The SMILES string of the molecule is O=C(NCc1cncc2ccccc12)N1C(=O)OC(c2cc(F)cc(C(F)(F)F)c2)C1CCO. The van der Waals surface area contributed by atoms with E-state index in [1.165, 1.54) is 0 Å². The third-order valence-electron chi connectivity index (χ3n) is 5.51. The number of imide groups is 1. The quantitative estimate of drug-likeness (QED) is 0.527. The van der Waals surface area contributed by atoms with Gasteiger partial charge < -0.3 is 15.2 Å². The number of aromatic nitrogens is 1. The Kier molecular flexibility index (Phi) is 6.38. The predicted molar refractivity (Wildman–Crippen MR) is 112 cm³/mol. The third-order valence-corrected chi connectivity index (χ3v) is 5.51. The molecule has 1 aromatic heterocycles. The lowest BCUT2D eigenvalue weighted by Gasteiger charge is -2.23. The maximum Gasteiger partial charge on any atom is 0.419 e. The van der Waals surface area contributed by atoms with E-state index >= 15 is 0 Å². The summed E-state index contributed by atoms with van der Waals surface area (Å²) in [6.07, 6.45) is -4.29. The minimum atomic E-state index is -4.82. The van der Waals surface area contributed by atoms with Crippen molar-refractivity contribution >= 4 is 22.9 Å². The number of pyridine rings is 1. The van der Waals surface area contributed by atoms with Crippen molar-refractivity contribution in [2.45, 2.75) is 31.3 Å². The van der Waals surface area contributed by atoms with Crippen LogP contribution in [0.2, 0.25) is 0 Å². The molecule has 2 N–H and O–H groups in total. The molecule has 1 aliphatic heterocycles. The Balaban J connectivity index is 1.58. The van der Waals surface area contributed by atoms with E-state index in [2.05, 4.69) is 10.3 Å². The van der Waals surface area contributed by atoms with E-state index in [9.17, 15) is 32.3 Å². The minimum Gasteiger partial charge on any atom is -0.439 e. The third kappa shape index (κ3) is 4.65. The van der Waals surface area contributed by atoms with E-state index in [1.54, 1.807) is 12.4 Å². The largest absolute Gasteiger partial charge is 0.439 e. The number of rotatable bonds is 5. The number of amides is 3. The molecule has 2 aromatic carbocycles. The number of alkyl halides is 3. The number of aliphatic hydroxyl groups is 1. The van der Waals surface area contributed by atoms with Crippen molar-refractivity contribution in [1.29, 1.82) is 0 Å². The zero-order valence-electron chi connectivity index (χ0n) is 17.6. The Morgan fingerprint density at radius 1 is 1.18 bits per heavy atom. The van der Waals surface area contributed by atoms with Gasteiger partial charge in [-0.05, 0) is 41.1 Å². The molecule has 2 heterocycles. The van der Waals surface area contributed by atoms with Crippen LogP contribution >= 0.6 is 0 Å². The molecule has 1 fully saturated rings. The van der Waals surface area contributed by atoms with Crippen LogP contribution in [0.4, 0.5) is 27.2 Å². The number of nitrogens with zero attached hydrogens (tertiary/aromatic N) is 2. The van der Waals surface area contributed by atoms with E-state index in [4.69, 9.17) is 4.74 Å². The monoisotopic (exact) mass is 477 g/mol. The van der Waals surface area contributed by atoms with Gasteiger partial charge >= 0.3 is 18.3 Å². The predicted octanol–water partition coefficient (Wildman–Crippen LogP) is 4.55. The number of urea groups is 1. The van der Waals surface area contributed by atoms with Crippen LogP contribution in [0.1, 0.15) is 29.2 Å². The molecule has 4 rings (SSSR count). The normalized spacial score (nSPS) is 18.3. The van der Waals surface area contributed by atoms with Gasteiger partial charge in [0.05, 0.1) is 11.6 Å². The van der Waals surface area contributed by atoms with Crippen LogP contribution in [0.15, 0.2) is 54.9 Å². The topological polar surface area (TPSA) is 91.8 Å². The van der Waals surface area contributed by atoms with Gasteiger partial charge in [-0.1, -0.05) is 24.3 Å². The van der Waals surface area contributed by atoms with Gasteiger partial charge in [0.15, 0.2) is 0 Å². The molecule has 0 saturated carbocycles. The van der Waals surface area contributed by atoms with Gasteiger partial charge in [0.25, 0.3) is 0 Å². The van der Waals surface area contributed by atoms with Gasteiger partial charge in [-0.25, -0.2) is 18.9 Å². The van der Waals surface area contributed by atoms with Crippen molar-refractivity contribution in [2.24, 2.45) is 0 Å². The molecule has 2 unspecified atom stereocenters. The van der Waals surface area contributed by atoms with E-state index in [0.717, 1.165) is 16.8 Å². The first kappa shape index (κ1) is 23.4. The van der Waals surface area contributed by atoms with Crippen LogP contribution in [0.5, 0.6) is 0 Å². The van der Waals surface area contributed by atoms with Gasteiger partial charge in [-0.15, -0.1) is 0 Å². The number of hydrogen-bond donors (Lipinski definition) is 2. The molecule has 34 heavy (non-hydrogen) atoms. The van der Waals surface area contributed by atoms with Crippen LogP contribution in [0.25, 0.3) is 10.8 Å². The Bertz CT molecular complexity index is 1230. The Hall–Kier alpha value is -3.73. The molecule has 0 aliphatic carbocycles. The molecule has 11 heteroatoms. The van der Waals surface area contributed by atoms with E-state index in [0.29, 0.717) is 22.6 Å². The van der Waals surface area contributed by atoms with Crippen LogP contribution in [-0.2, 0) is 17.5 Å². The van der Waals surface area contributed by atoms with Crippen molar-refractivity contribution < 1.29 is 37.0 Å². The molecule has 0 radical (unpaired) electrons. The van der Waals surface area contributed by atoms with Crippen molar-refractivity contribution in [3.8, 4) is 0 Å². The fourth-order valence-electron chi connectivity index (χ4n) is 3.97.